The van der Waals surface area contributed by atoms with Gasteiger partial charge in [-0.3, -0.25) is 0 Å². The van der Waals surface area contributed by atoms with E-state index in [0.717, 1.165) is 12.1 Å². The van der Waals surface area contributed by atoms with Crippen LogP contribution < -0.4 is 11.5 Å². The zero-order valence-corrected chi connectivity index (χ0v) is 11.4. The van der Waals surface area contributed by atoms with Gasteiger partial charge < -0.3 is 11.5 Å². The van der Waals surface area contributed by atoms with Crippen LogP contribution >= 0.6 is 0 Å². The molecule has 0 spiro atoms. The van der Waals surface area contributed by atoms with Crippen molar-refractivity contribution in [2.75, 3.05) is 0 Å². The SMILES string of the molecule is CC(C)(N)C(N)C1(c2ccc(F)c(C(F)(F)F)c2)CC1. The zero-order chi connectivity index (χ0) is 15.3. The van der Waals surface area contributed by atoms with Gasteiger partial charge in [0.2, 0.25) is 0 Å². The standard InChI is InChI=1S/C14H18F4N2/c1-12(2,20)11(19)13(5-6-13)8-3-4-10(15)9(7-8)14(16,17)18/h3-4,7,11H,5-6,19-20H2,1-2H3. The van der Waals surface area contributed by atoms with Crippen LogP contribution in [0, 0.1) is 5.82 Å². The first-order valence-electron chi connectivity index (χ1n) is 6.40. The lowest BCUT2D eigenvalue weighted by molar-refractivity contribution is -0.140. The predicted molar refractivity (Wildman–Crippen MR) is 68.6 cm³/mol. The van der Waals surface area contributed by atoms with Crippen LogP contribution in [0.15, 0.2) is 18.2 Å². The maximum absolute atomic E-state index is 13.3. The van der Waals surface area contributed by atoms with Crippen LogP contribution in [0.1, 0.15) is 37.8 Å². The molecule has 2 rings (SSSR count). The summed E-state index contributed by atoms with van der Waals surface area (Å²) in [7, 11) is 0. The highest BCUT2D eigenvalue weighted by atomic mass is 19.4. The van der Waals surface area contributed by atoms with E-state index in [0.29, 0.717) is 18.4 Å². The summed E-state index contributed by atoms with van der Waals surface area (Å²) >= 11 is 0. The fourth-order valence-electron chi connectivity index (χ4n) is 2.68. The Morgan fingerprint density at radius 1 is 1.20 bits per heavy atom. The lowest BCUT2D eigenvalue weighted by atomic mass is 9.78. The topological polar surface area (TPSA) is 52.0 Å². The molecule has 1 fully saturated rings. The van der Waals surface area contributed by atoms with Gasteiger partial charge in [-0.15, -0.1) is 0 Å². The summed E-state index contributed by atoms with van der Waals surface area (Å²) in [6.07, 6.45) is -3.38. The lowest BCUT2D eigenvalue weighted by Gasteiger charge is -2.35. The third-order valence-electron chi connectivity index (χ3n) is 4.03. The number of hydrogen-bond acceptors (Lipinski definition) is 2. The molecule has 1 atom stereocenters. The minimum Gasteiger partial charge on any atom is -0.325 e. The van der Waals surface area contributed by atoms with Crippen molar-refractivity contribution < 1.29 is 17.6 Å². The van der Waals surface area contributed by atoms with Crippen LogP contribution in [-0.2, 0) is 11.6 Å². The van der Waals surface area contributed by atoms with E-state index in [-0.39, 0.29) is 0 Å². The van der Waals surface area contributed by atoms with Crippen molar-refractivity contribution in [3.8, 4) is 0 Å². The van der Waals surface area contributed by atoms with Gasteiger partial charge in [-0.1, -0.05) is 6.07 Å². The van der Waals surface area contributed by atoms with E-state index in [4.69, 9.17) is 11.5 Å². The van der Waals surface area contributed by atoms with Gasteiger partial charge in [0.05, 0.1) is 5.56 Å². The Morgan fingerprint density at radius 2 is 1.75 bits per heavy atom. The molecule has 0 saturated heterocycles. The average molecular weight is 290 g/mol. The number of alkyl halides is 3. The van der Waals surface area contributed by atoms with Gasteiger partial charge in [-0.2, -0.15) is 13.2 Å². The van der Waals surface area contributed by atoms with Crippen LogP contribution in [0.25, 0.3) is 0 Å². The second-order valence-electron chi connectivity index (χ2n) is 6.15. The summed E-state index contributed by atoms with van der Waals surface area (Å²) in [4.78, 5) is 0. The quantitative estimate of drug-likeness (QED) is 0.841. The largest absolute Gasteiger partial charge is 0.419 e. The molecule has 0 aliphatic heterocycles. The summed E-state index contributed by atoms with van der Waals surface area (Å²) in [5, 5.41) is 0. The normalized spacial score (nSPS) is 19.8. The molecular formula is C14H18F4N2. The summed E-state index contributed by atoms with van der Waals surface area (Å²) in [6, 6.07) is 2.62. The number of benzene rings is 1. The van der Waals surface area contributed by atoms with E-state index in [2.05, 4.69) is 0 Å². The van der Waals surface area contributed by atoms with Crippen molar-refractivity contribution in [3.05, 3.63) is 35.1 Å². The molecule has 0 aromatic heterocycles. The van der Waals surface area contributed by atoms with Gasteiger partial charge in [-0.25, -0.2) is 4.39 Å². The number of nitrogens with two attached hydrogens (primary N) is 2. The van der Waals surface area contributed by atoms with Gasteiger partial charge in [0.1, 0.15) is 5.82 Å². The van der Waals surface area contributed by atoms with E-state index in [9.17, 15) is 17.6 Å². The van der Waals surface area contributed by atoms with Gasteiger partial charge in [0, 0.05) is 17.0 Å². The first-order valence-corrected chi connectivity index (χ1v) is 6.40. The molecule has 1 saturated carbocycles. The first kappa shape index (κ1) is 15.3. The molecule has 112 valence electrons. The molecule has 0 heterocycles. The molecule has 4 N–H and O–H groups in total. The molecule has 1 aromatic rings. The molecule has 1 aliphatic rings. The summed E-state index contributed by atoms with van der Waals surface area (Å²) in [5.41, 5.74) is 9.97. The van der Waals surface area contributed by atoms with Gasteiger partial charge >= 0.3 is 6.18 Å². The number of halogens is 4. The van der Waals surface area contributed by atoms with E-state index in [1.807, 2.05) is 0 Å². The maximum Gasteiger partial charge on any atom is 0.419 e. The van der Waals surface area contributed by atoms with Crippen molar-refractivity contribution in [2.45, 2.75) is 49.9 Å². The van der Waals surface area contributed by atoms with Gasteiger partial charge in [-0.05, 0) is 44.4 Å². The Balaban J connectivity index is 2.45. The molecule has 6 heteroatoms. The van der Waals surface area contributed by atoms with Crippen LogP contribution in [0.4, 0.5) is 17.6 Å². The Labute approximate surface area is 115 Å². The Kier molecular flexibility index (Phi) is 3.38. The van der Waals surface area contributed by atoms with Crippen molar-refractivity contribution in [3.63, 3.8) is 0 Å². The molecular weight excluding hydrogens is 272 g/mol. The fraction of sp³-hybridized carbons (Fsp3) is 0.571. The zero-order valence-electron chi connectivity index (χ0n) is 11.4. The molecule has 0 radical (unpaired) electrons. The minimum atomic E-state index is -4.71. The number of hydrogen-bond donors (Lipinski definition) is 2. The Morgan fingerprint density at radius 3 is 2.15 bits per heavy atom. The van der Waals surface area contributed by atoms with E-state index in [1.54, 1.807) is 13.8 Å². The van der Waals surface area contributed by atoms with Crippen molar-refractivity contribution in [1.82, 2.24) is 0 Å². The second kappa shape index (κ2) is 4.43. The van der Waals surface area contributed by atoms with Crippen molar-refractivity contribution in [2.24, 2.45) is 11.5 Å². The number of rotatable bonds is 3. The monoisotopic (exact) mass is 290 g/mol. The molecule has 1 unspecified atom stereocenters. The Bertz CT molecular complexity index is 513. The third-order valence-corrected chi connectivity index (χ3v) is 4.03. The van der Waals surface area contributed by atoms with Crippen molar-refractivity contribution in [1.29, 1.82) is 0 Å². The molecule has 1 aromatic carbocycles. The highest BCUT2D eigenvalue weighted by molar-refractivity contribution is 5.39. The third kappa shape index (κ3) is 2.54. The highest BCUT2D eigenvalue weighted by Gasteiger charge is 2.53. The van der Waals surface area contributed by atoms with Crippen LogP contribution in [0.3, 0.4) is 0 Å². The first-order chi connectivity index (χ1) is 8.98. The lowest BCUT2D eigenvalue weighted by Crippen LogP contribution is -2.56. The molecule has 20 heavy (non-hydrogen) atoms. The van der Waals surface area contributed by atoms with Crippen molar-refractivity contribution >= 4 is 0 Å². The summed E-state index contributed by atoms with van der Waals surface area (Å²) in [5.74, 6) is -1.27. The van der Waals surface area contributed by atoms with Crippen LogP contribution in [-0.4, -0.2) is 11.6 Å². The van der Waals surface area contributed by atoms with E-state index < -0.39 is 34.6 Å². The van der Waals surface area contributed by atoms with E-state index >= 15 is 0 Å². The summed E-state index contributed by atoms with van der Waals surface area (Å²) < 4.78 is 51.7. The van der Waals surface area contributed by atoms with Crippen LogP contribution in [0.2, 0.25) is 0 Å². The summed E-state index contributed by atoms with van der Waals surface area (Å²) in [6.45, 7) is 3.48. The highest BCUT2D eigenvalue weighted by Crippen LogP contribution is 2.53. The molecule has 0 amide bonds. The minimum absolute atomic E-state index is 0.414. The molecule has 1 aliphatic carbocycles. The molecule has 0 bridgehead atoms. The Hall–Kier alpha value is -1.14. The molecule has 2 nitrogen and oxygen atoms in total. The fourth-order valence-corrected chi connectivity index (χ4v) is 2.68. The average Bonchev–Trinajstić information content (AvgIpc) is 3.07. The van der Waals surface area contributed by atoms with E-state index in [1.165, 1.54) is 6.07 Å². The maximum atomic E-state index is 13.3. The van der Waals surface area contributed by atoms with Gasteiger partial charge in [0.25, 0.3) is 0 Å². The van der Waals surface area contributed by atoms with Gasteiger partial charge in [0.15, 0.2) is 0 Å². The van der Waals surface area contributed by atoms with Crippen LogP contribution in [0.5, 0.6) is 0 Å². The second-order valence-corrected chi connectivity index (χ2v) is 6.15. The smallest absolute Gasteiger partial charge is 0.325 e. The predicted octanol–water partition coefficient (Wildman–Crippen LogP) is 2.94.